The van der Waals surface area contributed by atoms with Crippen LogP contribution < -0.4 is 5.73 Å². The van der Waals surface area contributed by atoms with E-state index in [1.165, 1.54) is 42.4 Å². The van der Waals surface area contributed by atoms with Crippen molar-refractivity contribution in [1.82, 2.24) is 9.99 Å². The van der Waals surface area contributed by atoms with Crippen molar-refractivity contribution in [1.29, 1.82) is 0 Å². The van der Waals surface area contributed by atoms with Crippen LogP contribution in [0, 0.1) is 5.82 Å². The summed E-state index contributed by atoms with van der Waals surface area (Å²) in [4.78, 5) is 28.8. The number of Topliss-reactive ketones (excluding diaryl/α,β-unsaturated/α-hetero) is 1. The highest BCUT2D eigenvalue weighted by molar-refractivity contribution is 6.36. The molecule has 0 bridgehead atoms. The van der Waals surface area contributed by atoms with Gasteiger partial charge in [-0.25, -0.2) is 9.37 Å². The van der Waals surface area contributed by atoms with Crippen molar-refractivity contribution in [3.8, 4) is 0 Å². The van der Waals surface area contributed by atoms with Crippen molar-refractivity contribution in [2.75, 3.05) is 6.54 Å². The van der Waals surface area contributed by atoms with E-state index >= 15 is 0 Å². The molecule has 1 atom stereocenters. The number of nitrogens with zero attached hydrogens (tertiary/aromatic N) is 3. The summed E-state index contributed by atoms with van der Waals surface area (Å²) in [5.74, 6) is -0.775. The van der Waals surface area contributed by atoms with Gasteiger partial charge in [0.15, 0.2) is 17.7 Å². The first-order chi connectivity index (χ1) is 13.3. The molecule has 0 saturated carbocycles. The van der Waals surface area contributed by atoms with Crippen molar-refractivity contribution >= 4 is 35.0 Å². The zero-order chi connectivity index (χ0) is 20.5. The molecule has 0 saturated heterocycles. The van der Waals surface area contributed by atoms with Gasteiger partial charge in [0.25, 0.3) is 0 Å². The number of nitrogens with two attached hydrogens (primary N) is 1. The van der Waals surface area contributed by atoms with Gasteiger partial charge in [-0.05, 0) is 50.2 Å². The van der Waals surface area contributed by atoms with Crippen molar-refractivity contribution < 1.29 is 14.0 Å². The number of ketones is 1. The molecule has 2 heterocycles. The number of carbonyl (C=O) groups excluding carboxylic acids is 2. The van der Waals surface area contributed by atoms with E-state index in [0.717, 1.165) is 0 Å². The summed E-state index contributed by atoms with van der Waals surface area (Å²) >= 11 is 6.28. The zero-order valence-corrected chi connectivity index (χ0v) is 16.1. The monoisotopic (exact) mass is 400 g/mol. The van der Waals surface area contributed by atoms with E-state index < -0.39 is 11.5 Å². The average Bonchev–Trinajstić information content (AvgIpc) is 2.68. The Balaban J connectivity index is 2.41. The highest BCUT2D eigenvalue weighted by Crippen LogP contribution is 2.38. The molecule has 28 heavy (non-hydrogen) atoms. The number of hydrazone groups is 1. The van der Waals surface area contributed by atoms with Gasteiger partial charge in [0.1, 0.15) is 16.7 Å². The highest BCUT2D eigenvalue weighted by Gasteiger charge is 2.44. The molecule has 1 aromatic carbocycles. The molecule has 2 N–H and O–H groups in total. The third-order valence-electron chi connectivity index (χ3n) is 4.51. The van der Waals surface area contributed by atoms with Gasteiger partial charge < -0.3 is 0 Å². The van der Waals surface area contributed by atoms with Crippen molar-refractivity contribution in [2.24, 2.45) is 10.8 Å². The Morgan fingerprint density at radius 1 is 1.32 bits per heavy atom. The number of likely N-dealkylation sites (N-methyl/N-ethyl adjacent to an activating group) is 1. The summed E-state index contributed by atoms with van der Waals surface area (Å²) in [6.07, 6.45) is 2.03. The van der Waals surface area contributed by atoms with Crippen molar-refractivity contribution in [3.05, 3.63) is 70.3 Å². The lowest BCUT2D eigenvalue weighted by Gasteiger charge is -2.41. The summed E-state index contributed by atoms with van der Waals surface area (Å²) in [6.45, 7) is 3.41. The molecular weight excluding hydrogens is 383 g/mol. The first-order valence-corrected chi connectivity index (χ1v) is 8.95. The van der Waals surface area contributed by atoms with E-state index in [2.05, 4.69) is 10.1 Å². The normalized spacial score (nSPS) is 19.5. The average molecular weight is 401 g/mol. The Morgan fingerprint density at radius 3 is 2.54 bits per heavy atom. The number of halogens is 2. The minimum absolute atomic E-state index is 0.101. The van der Waals surface area contributed by atoms with Crippen molar-refractivity contribution in [2.45, 2.75) is 19.5 Å². The fraction of sp³-hybridized carbons (Fsp3) is 0.200. The summed E-state index contributed by atoms with van der Waals surface area (Å²) in [6, 6.07) is 8.84. The van der Waals surface area contributed by atoms with Crippen LogP contribution in [0.3, 0.4) is 0 Å². The minimum atomic E-state index is -1.72. The molecular formula is C20H18ClFN4O2. The Labute approximate surface area is 166 Å². The van der Waals surface area contributed by atoms with Crippen LogP contribution in [0.2, 0.25) is 5.15 Å². The Hall–Kier alpha value is -2.90. The van der Waals surface area contributed by atoms with Gasteiger partial charge in [-0.15, -0.1) is 0 Å². The molecule has 1 aromatic heterocycles. The lowest BCUT2D eigenvalue weighted by molar-refractivity contribution is -0.115. The van der Waals surface area contributed by atoms with Gasteiger partial charge in [0.2, 0.25) is 0 Å². The maximum absolute atomic E-state index is 13.4. The maximum Gasteiger partial charge on any atom is 0.188 e. The van der Waals surface area contributed by atoms with Crippen LogP contribution in [-0.2, 0) is 9.59 Å². The van der Waals surface area contributed by atoms with Crippen LogP contribution in [0.1, 0.15) is 25.0 Å². The van der Waals surface area contributed by atoms with Gasteiger partial charge in [0, 0.05) is 29.4 Å². The van der Waals surface area contributed by atoms with Crippen LogP contribution in [0.15, 0.2) is 53.3 Å². The lowest BCUT2D eigenvalue weighted by atomic mass is 9.83. The van der Waals surface area contributed by atoms with Gasteiger partial charge in [-0.2, -0.15) is 5.10 Å². The third kappa shape index (κ3) is 3.23. The van der Waals surface area contributed by atoms with E-state index in [0.29, 0.717) is 17.4 Å². The topological polar surface area (TPSA) is 88.7 Å². The van der Waals surface area contributed by atoms with Gasteiger partial charge in [0.05, 0.1) is 5.57 Å². The van der Waals surface area contributed by atoms with E-state index in [4.69, 9.17) is 17.3 Å². The second-order valence-electron chi connectivity index (χ2n) is 6.26. The summed E-state index contributed by atoms with van der Waals surface area (Å²) in [5, 5.41) is 5.94. The Morgan fingerprint density at radius 2 is 2.00 bits per heavy atom. The molecule has 6 nitrogen and oxygen atoms in total. The first-order valence-electron chi connectivity index (χ1n) is 8.57. The standard InChI is InChI=1S/C20H18ClFN4O2/c1-3-26-20(23,11-27)17(15-5-4-10-24-19(15)21)16(12(2)28)18(25-26)13-6-8-14(22)9-7-13/h4-11H,3,23H2,1-2H3. The molecule has 8 heteroatoms. The van der Waals surface area contributed by atoms with Gasteiger partial charge in [-0.3, -0.25) is 20.3 Å². The SMILES string of the molecule is CCN1N=C(c2ccc(F)cc2)C(C(C)=O)=C(c2cccnc2Cl)C1(N)C=O. The molecule has 144 valence electrons. The zero-order valence-electron chi connectivity index (χ0n) is 15.3. The molecule has 1 unspecified atom stereocenters. The number of aromatic nitrogens is 1. The number of benzene rings is 1. The molecule has 1 aliphatic heterocycles. The highest BCUT2D eigenvalue weighted by atomic mass is 35.5. The van der Waals surface area contributed by atoms with E-state index in [1.54, 1.807) is 19.1 Å². The molecule has 3 rings (SSSR count). The predicted molar refractivity (Wildman–Crippen MR) is 105 cm³/mol. The number of hydrogen-bond acceptors (Lipinski definition) is 6. The number of carbonyl (C=O) groups is 2. The smallest absolute Gasteiger partial charge is 0.188 e. The lowest BCUT2D eigenvalue weighted by Crippen LogP contribution is -2.59. The summed E-state index contributed by atoms with van der Waals surface area (Å²) < 4.78 is 13.4. The van der Waals surface area contributed by atoms with Crippen LogP contribution in [0.4, 0.5) is 4.39 Å². The first kappa shape index (κ1) is 19.9. The molecule has 0 amide bonds. The summed E-state index contributed by atoms with van der Waals surface area (Å²) in [5.41, 5.74) is 6.23. The minimum Gasteiger partial charge on any atom is -0.299 e. The van der Waals surface area contributed by atoms with Crippen LogP contribution in [-0.4, -0.2) is 40.0 Å². The second-order valence-corrected chi connectivity index (χ2v) is 6.62. The van der Waals surface area contributed by atoms with E-state index in [1.807, 2.05) is 0 Å². The summed E-state index contributed by atoms with van der Waals surface area (Å²) in [7, 11) is 0. The maximum atomic E-state index is 13.4. The van der Waals surface area contributed by atoms with Crippen molar-refractivity contribution in [3.63, 3.8) is 0 Å². The van der Waals surface area contributed by atoms with E-state index in [-0.39, 0.29) is 34.3 Å². The quantitative estimate of drug-likeness (QED) is 0.615. The molecule has 1 aliphatic rings. The number of aldehydes is 1. The molecule has 0 spiro atoms. The Bertz CT molecular complexity index is 1000. The fourth-order valence-corrected chi connectivity index (χ4v) is 3.44. The van der Waals surface area contributed by atoms with Crippen LogP contribution >= 0.6 is 11.6 Å². The largest absolute Gasteiger partial charge is 0.299 e. The van der Waals surface area contributed by atoms with Crippen LogP contribution in [0.25, 0.3) is 5.57 Å². The molecule has 0 aliphatic carbocycles. The molecule has 0 radical (unpaired) electrons. The van der Waals surface area contributed by atoms with Gasteiger partial charge >= 0.3 is 0 Å². The third-order valence-corrected chi connectivity index (χ3v) is 4.81. The fourth-order valence-electron chi connectivity index (χ4n) is 3.23. The van der Waals surface area contributed by atoms with Crippen LogP contribution in [0.5, 0.6) is 0 Å². The number of rotatable bonds is 5. The second kappa shape index (κ2) is 7.61. The predicted octanol–water partition coefficient (Wildman–Crippen LogP) is 2.81. The number of hydrogen-bond donors (Lipinski definition) is 1. The number of pyridine rings is 1. The number of allylic oxidation sites excluding steroid dienone is 1. The molecule has 0 fully saturated rings. The van der Waals surface area contributed by atoms with E-state index in [9.17, 15) is 14.0 Å². The molecule has 2 aromatic rings. The van der Waals surface area contributed by atoms with Gasteiger partial charge in [-0.1, -0.05) is 11.6 Å². The Kier molecular flexibility index (Phi) is 5.40.